The second-order valence-electron chi connectivity index (χ2n) is 5.66. The van der Waals surface area contributed by atoms with Gasteiger partial charge in [0.15, 0.2) is 0 Å². The van der Waals surface area contributed by atoms with E-state index in [9.17, 15) is 4.39 Å². The monoisotopic (exact) mass is 342 g/mol. The molecule has 1 saturated heterocycles. The van der Waals surface area contributed by atoms with E-state index in [-0.39, 0.29) is 5.82 Å². The summed E-state index contributed by atoms with van der Waals surface area (Å²) >= 11 is 3.37. The zero-order valence-corrected chi connectivity index (χ0v) is 13.8. The van der Waals surface area contributed by atoms with Crippen LogP contribution >= 0.6 is 15.9 Å². The third-order valence-corrected chi connectivity index (χ3v) is 4.26. The van der Waals surface area contributed by atoms with Gasteiger partial charge < -0.3 is 5.32 Å². The van der Waals surface area contributed by atoms with Crippen LogP contribution in [0.4, 0.5) is 4.39 Å². The molecule has 1 N–H and O–H groups in total. The predicted molar refractivity (Wildman–Crippen MR) is 85.3 cm³/mol. The molecule has 2 rings (SSSR count). The van der Waals surface area contributed by atoms with E-state index in [0.29, 0.717) is 6.04 Å². The van der Waals surface area contributed by atoms with Crippen LogP contribution in [0.2, 0.25) is 0 Å². The van der Waals surface area contributed by atoms with E-state index in [4.69, 9.17) is 0 Å². The Morgan fingerprint density at radius 3 is 2.90 bits per heavy atom. The predicted octanol–water partition coefficient (Wildman–Crippen LogP) is 3.94. The van der Waals surface area contributed by atoms with E-state index in [2.05, 4.69) is 33.1 Å². The summed E-state index contributed by atoms with van der Waals surface area (Å²) in [6, 6.07) is 5.78. The van der Waals surface area contributed by atoms with E-state index in [1.54, 1.807) is 6.07 Å². The van der Waals surface area contributed by atoms with Crippen molar-refractivity contribution in [2.45, 2.75) is 45.2 Å². The van der Waals surface area contributed by atoms with Crippen LogP contribution in [0.1, 0.15) is 38.2 Å². The molecule has 0 aliphatic carbocycles. The van der Waals surface area contributed by atoms with Gasteiger partial charge >= 0.3 is 0 Å². The van der Waals surface area contributed by atoms with Gasteiger partial charge in [-0.15, -0.1) is 0 Å². The average Bonchev–Trinajstić information content (AvgIpc) is 2.87. The van der Waals surface area contributed by atoms with Crippen LogP contribution in [0.25, 0.3) is 0 Å². The zero-order chi connectivity index (χ0) is 14.4. The Morgan fingerprint density at radius 1 is 1.40 bits per heavy atom. The van der Waals surface area contributed by atoms with Gasteiger partial charge in [-0.05, 0) is 56.1 Å². The molecule has 112 valence electrons. The number of nitrogens with one attached hydrogen (secondary N) is 1. The van der Waals surface area contributed by atoms with Crippen molar-refractivity contribution in [2.75, 3.05) is 19.6 Å². The number of nitrogens with zero attached hydrogens (tertiary/aromatic N) is 1. The molecule has 0 saturated carbocycles. The zero-order valence-electron chi connectivity index (χ0n) is 12.2. The first-order valence-corrected chi connectivity index (χ1v) is 8.37. The van der Waals surface area contributed by atoms with Crippen LogP contribution in [-0.4, -0.2) is 30.6 Å². The molecule has 20 heavy (non-hydrogen) atoms. The molecule has 1 heterocycles. The highest BCUT2D eigenvalue weighted by Gasteiger charge is 2.18. The molecule has 0 spiro atoms. The van der Waals surface area contributed by atoms with Gasteiger partial charge in [-0.2, -0.15) is 0 Å². The molecular weight excluding hydrogens is 319 g/mol. The Balaban J connectivity index is 1.97. The summed E-state index contributed by atoms with van der Waals surface area (Å²) in [6.07, 6.45) is 4.93. The Hall–Kier alpha value is -0.450. The Bertz CT molecular complexity index is 399. The summed E-state index contributed by atoms with van der Waals surface area (Å²) < 4.78 is 14.3. The standard InChI is InChI=1S/C16H24BrFN2/c1-2-3-7-20(12-16-5-4-6-19-16)11-13-8-14(17)10-15(18)9-13/h8-10,16,19H,2-7,11-12H2,1H3. The summed E-state index contributed by atoms with van der Waals surface area (Å²) in [5.74, 6) is -0.163. The first-order chi connectivity index (χ1) is 9.67. The minimum Gasteiger partial charge on any atom is -0.313 e. The number of hydrogen-bond acceptors (Lipinski definition) is 2. The normalized spacial score (nSPS) is 18.9. The van der Waals surface area contributed by atoms with Crippen LogP contribution < -0.4 is 5.32 Å². The first kappa shape index (κ1) is 15.9. The van der Waals surface area contributed by atoms with Crippen molar-refractivity contribution in [3.05, 3.63) is 34.1 Å². The lowest BCUT2D eigenvalue weighted by Crippen LogP contribution is -2.37. The van der Waals surface area contributed by atoms with Crippen molar-refractivity contribution in [3.8, 4) is 0 Å². The van der Waals surface area contributed by atoms with Crippen molar-refractivity contribution < 1.29 is 4.39 Å². The van der Waals surface area contributed by atoms with Gasteiger partial charge in [0.2, 0.25) is 0 Å². The number of rotatable bonds is 7. The van der Waals surface area contributed by atoms with E-state index in [0.717, 1.165) is 36.2 Å². The van der Waals surface area contributed by atoms with Gasteiger partial charge in [-0.25, -0.2) is 4.39 Å². The van der Waals surface area contributed by atoms with Crippen LogP contribution in [0.5, 0.6) is 0 Å². The molecule has 1 atom stereocenters. The van der Waals surface area contributed by atoms with Crippen LogP contribution in [0.15, 0.2) is 22.7 Å². The second kappa shape index (κ2) is 8.11. The van der Waals surface area contributed by atoms with Crippen LogP contribution in [0, 0.1) is 5.82 Å². The second-order valence-corrected chi connectivity index (χ2v) is 6.58. The third-order valence-electron chi connectivity index (χ3n) is 3.80. The van der Waals surface area contributed by atoms with Crippen LogP contribution in [-0.2, 0) is 6.54 Å². The molecule has 1 fully saturated rings. The topological polar surface area (TPSA) is 15.3 Å². The molecular formula is C16H24BrFN2. The first-order valence-electron chi connectivity index (χ1n) is 7.58. The Labute approximate surface area is 129 Å². The van der Waals surface area contributed by atoms with Gasteiger partial charge in [0.05, 0.1) is 0 Å². The highest BCUT2D eigenvalue weighted by Crippen LogP contribution is 2.17. The fourth-order valence-corrected chi connectivity index (χ4v) is 3.31. The maximum atomic E-state index is 13.5. The quantitative estimate of drug-likeness (QED) is 0.807. The van der Waals surface area contributed by atoms with Gasteiger partial charge in [-0.1, -0.05) is 29.3 Å². The van der Waals surface area contributed by atoms with Gasteiger partial charge in [0.25, 0.3) is 0 Å². The summed E-state index contributed by atoms with van der Waals surface area (Å²) in [7, 11) is 0. The molecule has 2 nitrogen and oxygen atoms in total. The molecule has 1 unspecified atom stereocenters. The van der Waals surface area contributed by atoms with Crippen molar-refractivity contribution in [2.24, 2.45) is 0 Å². The number of hydrogen-bond donors (Lipinski definition) is 1. The maximum Gasteiger partial charge on any atom is 0.124 e. The number of benzene rings is 1. The third kappa shape index (κ3) is 5.15. The Kier molecular flexibility index (Phi) is 6.46. The fourth-order valence-electron chi connectivity index (χ4n) is 2.80. The van der Waals surface area contributed by atoms with E-state index < -0.39 is 0 Å². The molecule has 4 heteroatoms. The molecule has 1 aromatic carbocycles. The minimum absolute atomic E-state index is 0.163. The number of unbranched alkanes of at least 4 members (excludes halogenated alkanes) is 1. The van der Waals surface area contributed by atoms with Gasteiger partial charge in [-0.3, -0.25) is 4.90 Å². The molecule has 1 aromatic rings. The smallest absolute Gasteiger partial charge is 0.124 e. The van der Waals surface area contributed by atoms with Gasteiger partial charge in [0.1, 0.15) is 5.82 Å². The molecule has 1 aliphatic rings. The summed E-state index contributed by atoms with van der Waals surface area (Å²) in [6.45, 7) is 6.33. The minimum atomic E-state index is -0.163. The molecule has 1 aliphatic heterocycles. The molecule has 0 aromatic heterocycles. The summed E-state index contributed by atoms with van der Waals surface area (Å²) in [5, 5.41) is 3.55. The van der Waals surface area contributed by atoms with E-state index in [1.807, 2.05) is 6.07 Å². The molecule has 0 bridgehead atoms. The average molecular weight is 343 g/mol. The lowest BCUT2D eigenvalue weighted by Gasteiger charge is -2.25. The SMILES string of the molecule is CCCCN(Cc1cc(F)cc(Br)c1)CC1CCCN1. The van der Waals surface area contributed by atoms with Gasteiger partial charge in [0, 0.05) is 23.6 Å². The van der Waals surface area contributed by atoms with Crippen LogP contribution in [0.3, 0.4) is 0 Å². The highest BCUT2D eigenvalue weighted by atomic mass is 79.9. The fraction of sp³-hybridized carbons (Fsp3) is 0.625. The molecule has 0 radical (unpaired) electrons. The van der Waals surface area contributed by atoms with E-state index in [1.165, 1.54) is 31.7 Å². The van der Waals surface area contributed by atoms with E-state index >= 15 is 0 Å². The lowest BCUT2D eigenvalue weighted by atomic mass is 10.1. The Morgan fingerprint density at radius 2 is 2.25 bits per heavy atom. The number of halogens is 2. The van der Waals surface area contributed by atoms with Crippen molar-refractivity contribution >= 4 is 15.9 Å². The molecule has 0 amide bonds. The lowest BCUT2D eigenvalue weighted by molar-refractivity contribution is 0.237. The summed E-state index contributed by atoms with van der Waals surface area (Å²) in [5.41, 5.74) is 1.05. The largest absolute Gasteiger partial charge is 0.313 e. The van der Waals surface area contributed by atoms with Crippen molar-refractivity contribution in [1.29, 1.82) is 0 Å². The maximum absolute atomic E-state index is 13.5. The highest BCUT2D eigenvalue weighted by molar-refractivity contribution is 9.10. The van der Waals surface area contributed by atoms with Crippen molar-refractivity contribution in [3.63, 3.8) is 0 Å². The summed E-state index contributed by atoms with van der Waals surface area (Å²) in [4.78, 5) is 2.45. The van der Waals surface area contributed by atoms with Crippen molar-refractivity contribution in [1.82, 2.24) is 10.2 Å².